The second kappa shape index (κ2) is 9.39. The maximum Gasteiger partial charge on any atom is 0.162 e. The molecule has 0 bridgehead atoms. The molecule has 2 N–H and O–H groups in total. The third-order valence-corrected chi connectivity index (χ3v) is 4.15. The molecule has 3 aromatic rings. The number of aromatic nitrogens is 1. The van der Waals surface area contributed by atoms with Crippen molar-refractivity contribution in [2.45, 2.75) is 0 Å². The molecule has 0 fully saturated rings. The molecule has 0 aliphatic carbocycles. The Morgan fingerprint density at radius 3 is 1.89 bits per heavy atom. The number of methoxy groups -OCH3 is 4. The van der Waals surface area contributed by atoms with Crippen molar-refractivity contribution in [1.82, 2.24) is 4.98 Å². The lowest BCUT2D eigenvalue weighted by atomic mass is 10.2. The van der Waals surface area contributed by atoms with Gasteiger partial charge in [0.05, 0.1) is 39.0 Å². The molecule has 0 unspecified atom stereocenters. The van der Waals surface area contributed by atoms with Crippen LogP contribution in [0, 0.1) is 0 Å². The number of pyridine rings is 1. The summed E-state index contributed by atoms with van der Waals surface area (Å²) >= 11 is 11.9. The molecule has 3 rings (SSSR count). The van der Waals surface area contributed by atoms with Crippen molar-refractivity contribution >= 4 is 39.8 Å². The fraction of sp³-hybridized carbons (Fsp3) is 0.211. The molecule has 1 aromatic heterocycles. The molecule has 0 aliphatic rings. The first-order chi connectivity index (χ1) is 12.9. The standard InChI is InChI=1S/C11H9Cl2NO2.C8H11NO2/c1-15-9-3-6-7(12)4-11(13)14-8(6)5-10(9)16-2;1-10-7-4-3-6(9)5-8(7)11-2/h3-5H,1-2H3;3-5H,9H2,1-2H3. The molecule has 2 aromatic carbocycles. The fourth-order valence-electron chi connectivity index (χ4n) is 2.33. The van der Waals surface area contributed by atoms with Gasteiger partial charge in [0, 0.05) is 23.2 Å². The van der Waals surface area contributed by atoms with Crippen molar-refractivity contribution < 1.29 is 18.9 Å². The first-order valence-corrected chi connectivity index (χ1v) is 8.54. The average molecular weight is 411 g/mol. The van der Waals surface area contributed by atoms with Crippen LogP contribution in [-0.2, 0) is 0 Å². The highest BCUT2D eigenvalue weighted by Gasteiger charge is 2.10. The molecule has 27 heavy (non-hydrogen) atoms. The molecule has 0 spiro atoms. The zero-order chi connectivity index (χ0) is 20.0. The lowest BCUT2D eigenvalue weighted by Crippen LogP contribution is -1.92. The van der Waals surface area contributed by atoms with E-state index in [0.29, 0.717) is 44.4 Å². The van der Waals surface area contributed by atoms with Crippen LogP contribution in [0.4, 0.5) is 5.69 Å². The SMILES string of the molecule is COc1cc2nc(Cl)cc(Cl)c2cc1OC.COc1ccc(N)cc1OC. The summed E-state index contributed by atoms with van der Waals surface area (Å²) in [6, 6.07) is 10.4. The molecule has 144 valence electrons. The molecular weight excluding hydrogens is 391 g/mol. The third kappa shape index (κ3) is 4.99. The van der Waals surface area contributed by atoms with E-state index in [2.05, 4.69) is 4.98 Å². The van der Waals surface area contributed by atoms with Gasteiger partial charge in [-0.25, -0.2) is 4.98 Å². The van der Waals surface area contributed by atoms with Crippen molar-refractivity contribution in [1.29, 1.82) is 0 Å². The average Bonchev–Trinajstić information content (AvgIpc) is 2.67. The van der Waals surface area contributed by atoms with Crippen LogP contribution in [0.2, 0.25) is 10.2 Å². The van der Waals surface area contributed by atoms with E-state index in [-0.39, 0.29) is 0 Å². The van der Waals surface area contributed by atoms with Crippen LogP contribution in [-0.4, -0.2) is 33.4 Å². The maximum atomic E-state index is 6.07. The highest BCUT2D eigenvalue weighted by molar-refractivity contribution is 6.37. The summed E-state index contributed by atoms with van der Waals surface area (Å²) in [6.07, 6.45) is 0. The van der Waals surface area contributed by atoms with E-state index in [1.54, 1.807) is 64.8 Å². The number of nitrogen functional groups attached to an aromatic ring is 1. The van der Waals surface area contributed by atoms with E-state index >= 15 is 0 Å². The summed E-state index contributed by atoms with van der Waals surface area (Å²) < 4.78 is 20.4. The summed E-state index contributed by atoms with van der Waals surface area (Å²) in [7, 11) is 6.31. The van der Waals surface area contributed by atoms with Gasteiger partial charge in [0.25, 0.3) is 0 Å². The van der Waals surface area contributed by atoms with Crippen molar-refractivity contribution in [2.75, 3.05) is 34.2 Å². The number of nitrogens with two attached hydrogens (primary N) is 1. The first-order valence-electron chi connectivity index (χ1n) is 7.78. The largest absolute Gasteiger partial charge is 0.493 e. The Balaban J connectivity index is 0.000000208. The minimum Gasteiger partial charge on any atom is -0.493 e. The first kappa shape index (κ1) is 20.7. The molecule has 0 saturated heterocycles. The van der Waals surface area contributed by atoms with Crippen molar-refractivity contribution in [3.8, 4) is 23.0 Å². The van der Waals surface area contributed by atoms with Gasteiger partial charge in [0.1, 0.15) is 5.15 Å². The molecule has 0 atom stereocenters. The van der Waals surface area contributed by atoms with Gasteiger partial charge in [-0.05, 0) is 24.3 Å². The Bertz CT molecular complexity index is 935. The molecule has 0 aliphatic heterocycles. The van der Waals surface area contributed by atoms with Crippen LogP contribution in [0.15, 0.2) is 36.4 Å². The summed E-state index contributed by atoms with van der Waals surface area (Å²) in [5.74, 6) is 2.57. The minimum atomic E-state index is 0.352. The highest BCUT2D eigenvalue weighted by atomic mass is 35.5. The monoisotopic (exact) mass is 410 g/mol. The van der Waals surface area contributed by atoms with Crippen molar-refractivity contribution in [3.63, 3.8) is 0 Å². The molecule has 8 heteroatoms. The van der Waals surface area contributed by atoms with Gasteiger partial charge in [-0.2, -0.15) is 0 Å². The van der Waals surface area contributed by atoms with E-state index in [9.17, 15) is 0 Å². The number of hydrogen-bond acceptors (Lipinski definition) is 6. The number of fused-ring (bicyclic) bond motifs is 1. The number of nitrogens with zero attached hydrogens (tertiary/aromatic N) is 1. The van der Waals surface area contributed by atoms with Gasteiger partial charge in [0.15, 0.2) is 23.0 Å². The van der Waals surface area contributed by atoms with Gasteiger partial charge in [-0.15, -0.1) is 0 Å². The Hall–Kier alpha value is -2.57. The maximum absolute atomic E-state index is 6.07. The van der Waals surface area contributed by atoms with E-state index in [1.807, 2.05) is 0 Å². The Kier molecular flexibility index (Phi) is 7.21. The summed E-state index contributed by atoms with van der Waals surface area (Å²) in [4.78, 5) is 4.17. The second-order valence-corrected chi connectivity index (χ2v) is 6.06. The quantitative estimate of drug-likeness (QED) is 0.489. The summed E-state index contributed by atoms with van der Waals surface area (Å²) in [5.41, 5.74) is 6.87. The zero-order valence-electron chi connectivity index (χ0n) is 15.4. The van der Waals surface area contributed by atoms with Crippen LogP contribution >= 0.6 is 23.2 Å². The normalized spacial score (nSPS) is 10.0. The number of benzene rings is 2. The van der Waals surface area contributed by atoms with Crippen molar-refractivity contribution in [3.05, 3.63) is 46.6 Å². The molecule has 0 saturated carbocycles. The Morgan fingerprint density at radius 1 is 0.741 bits per heavy atom. The van der Waals surface area contributed by atoms with Crippen LogP contribution < -0.4 is 24.7 Å². The van der Waals surface area contributed by atoms with E-state index < -0.39 is 0 Å². The highest BCUT2D eigenvalue weighted by Crippen LogP contribution is 2.35. The minimum absolute atomic E-state index is 0.352. The summed E-state index contributed by atoms with van der Waals surface area (Å²) in [5, 5.41) is 1.67. The van der Waals surface area contributed by atoms with Crippen molar-refractivity contribution in [2.24, 2.45) is 0 Å². The van der Waals surface area contributed by atoms with Gasteiger partial charge in [-0.1, -0.05) is 23.2 Å². The molecular formula is C19H20Cl2N2O4. The number of ether oxygens (including phenoxy) is 4. The molecule has 6 nitrogen and oxygen atoms in total. The van der Waals surface area contributed by atoms with Crippen LogP contribution in [0.5, 0.6) is 23.0 Å². The van der Waals surface area contributed by atoms with E-state index in [4.69, 9.17) is 47.9 Å². The van der Waals surface area contributed by atoms with Gasteiger partial charge >= 0.3 is 0 Å². The molecule has 1 heterocycles. The smallest absolute Gasteiger partial charge is 0.162 e. The number of anilines is 1. The number of halogens is 2. The lowest BCUT2D eigenvalue weighted by molar-refractivity contribution is 0.355. The second-order valence-electron chi connectivity index (χ2n) is 5.27. The van der Waals surface area contributed by atoms with Gasteiger partial charge in [-0.3, -0.25) is 0 Å². The number of rotatable bonds is 4. The fourth-order valence-corrected chi connectivity index (χ4v) is 2.85. The summed E-state index contributed by atoms with van der Waals surface area (Å²) in [6.45, 7) is 0. The Labute approximate surface area is 167 Å². The topological polar surface area (TPSA) is 75.8 Å². The van der Waals surface area contributed by atoms with Crippen LogP contribution in [0.1, 0.15) is 0 Å². The van der Waals surface area contributed by atoms with Crippen LogP contribution in [0.25, 0.3) is 10.9 Å². The third-order valence-electron chi connectivity index (χ3n) is 3.64. The van der Waals surface area contributed by atoms with Crippen LogP contribution in [0.3, 0.4) is 0 Å². The molecule has 0 amide bonds. The van der Waals surface area contributed by atoms with Gasteiger partial charge < -0.3 is 24.7 Å². The molecule has 0 radical (unpaired) electrons. The van der Waals surface area contributed by atoms with Gasteiger partial charge in [0.2, 0.25) is 0 Å². The lowest BCUT2D eigenvalue weighted by Gasteiger charge is -2.09. The predicted octanol–water partition coefficient (Wildman–Crippen LogP) is 4.84. The van der Waals surface area contributed by atoms with E-state index in [1.165, 1.54) is 0 Å². The number of hydrogen-bond donors (Lipinski definition) is 1. The predicted molar refractivity (Wildman–Crippen MR) is 109 cm³/mol. The zero-order valence-corrected chi connectivity index (χ0v) is 16.9. The van der Waals surface area contributed by atoms with E-state index in [0.717, 1.165) is 5.39 Å². The Morgan fingerprint density at radius 2 is 1.30 bits per heavy atom.